The fraction of sp³-hybridized carbons (Fsp3) is 0.667. The standard InChI is InChI=1S/C9H15BrO2/c1-4-8(11)12-7-5-6-9(2,3)10/h4H,1,5-7H2,2-3H3. The van der Waals surface area contributed by atoms with Crippen molar-refractivity contribution in [3.05, 3.63) is 12.7 Å². The molecule has 70 valence electrons. The molecule has 0 aromatic rings. The lowest BCUT2D eigenvalue weighted by atomic mass is 10.1. The molecule has 0 aliphatic heterocycles. The molecule has 12 heavy (non-hydrogen) atoms. The van der Waals surface area contributed by atoms with E-state index in [4.69, 9.17) is 4.74 Å². The molecule has 0 spiro atoms. The smallest absolute Gasteiger partial charge is 0.330 e. The quantitative estimate of drug-likeness (QED) is 0.317. The molecule has 0 fully saturated rings. The monoisotopic (exact) mass is 234 g/mol. The molecule has 0 atom stereocenters. The fourth-order valence-corrected chi connectivity index (χ4v) is 1.00. The predicted molar refractivity (Wildman–Crippen MR) is 53.4 cm³/mol. The summed E-state index contributed by atoms with van der Waals surface area (Å²) in [6, 6.07) is 0. The van der Waals surface area contributed by atoms with Gasteiger partial charge in [-0.15, -0.1) is 0 Å². The molecular formula is C9H15BrO2. The molecular weight excluding hydrogens is 220 g/mol. The highest BCUT2D eigenvalue weighted by Gasteiger charge is 2.11. The molecule has 0 saturated carbocycles. The lowest BCUT2D eigenvalue weighted by Gasteiger charge is -2.14. The van der Waals surface area contributed by atoms with Crippen molar-refractivity contribution in [2.75, 3.05) is 6.61 Å². The zero-order valence-electron chi connectivity index (χ0n) is 7.60. The Bertz CT molecular complexity index is 158. The summed E-state index contributed by atoms with van der Waals surface area (Å²) in [5.41, 5.74) is 0. The van der Waals surface area contributed by atoms with E-state index in [-0.39, 0.29) is 10.3 Å². The van der Waals surface area contributed by atoms with E-state index in [1.807, 2.05) is 0 Å². The largest absolute Gasteiger partial charge is 0.463 e. The van der Waals surface area contributed by atoms with Gasteiger partial charge in [0.1, 0.15) is 0 Å². The van der Waals surface area contributed by atoms with Gasteiger partial charge in [0.15, 0.2) is 0 Å². The second-order valence-corrected chi connectivity index (χ2v) is 5.34. The summed E-state index contributed by atoms with van der Waals surface area (Å²) in [5.74, 6) is -0.345. The summed E-state index contributed by atoms with van der Waals surface area (Å²) in [4.78, 5) is 10.6. The number of esters is 1. The van der Waals surface area contributed by atoms with Crippen molar-refractivity contribution < 1.29 is 9.53 Å². The molecule has 0 rings (SSSR count). The average molecular weight is 235 g/mol. The normalized spacial score (nSPS) is 10.9. The van der Waals surface area contributed by atoms with Gasteiger partial charge < -0.3 is 4.74 Å². The average Bonchev–Trinajstić information content (AvgIpc) is 1.96. The van der Waals surface area contributed by atoms with E-state index in [1.54, 1.807) is 0 Å². The molecule has 0 N–H and O–H groups in total. The van der Waals surface area contributed by atoms with Gasteiger partial charge in [-0.1, -0.05) is 36.4 Å². The molecule has 0 saturated heterocycles. The third-order valence-corrected chi connectivity index (χ3v) is 1.72. The van der Waals surface area contributed by atoms with E-state index in [0.29, 0.717) is 6.61 Å². The summed E-state index contributed by atoms with van der Waals surface area (Å²) < 4.78 is 4.94. The van der Waals surface area contributed by atoms with Gasteiger partial charge in [-0.3, -0.25) is 0 Å². The van der Waals surface area contributed by atoms with E-state index in [1.165, 1.54) is 6.08 Å². The van der Waals surface area contributed by atoms with Gasteiger partial charge in [0.25, 0.3) is 0 Å². The van der Waals surface area contributed by atoms with Crippen molar-refractivity contribution in [1.29, 1.82) is 0 Å². The predicted octanol–water partition coefficient (Wildman–Crippen LogP) is 2.67. The Morgan fingerprint density at radius 1 is 1.67 bits per heavy atom. The van der Waals surface area contributed by atoms with Crippen LogP contribution >= 0.6 is 15.9 Å². The van der Waals surface area contributed by atoms with E-state index in [0.717, 1.165) is 12.8 Å². The van der Waals surface area contributed by atoms with E-state index in [9.17, 15) is 4.79 Å². The first-order valence-electron chi connectivity index (χ1n) is 3.94. The molecule has 0 aromatic heterocycles. The van der Waals surface area contributed by atoms with Crippen LogP contribution in [0.15, 0.2) is 12.7 Å². The third-order valence-electron chi connectivity index (χ3n) is 1.33. The Hall–Kier alpha value is -0.310. The zero-order valence-corrected chi connectivity index (χ0v) is 9.19. The molecule has 0 aliphatic rings. The van der Waals surface area contributed by atoms with Crippen molar-refractivity contribution in [3.63, 3.8) is 0 Å². The van der Waals surface area contributed by atoms with E-state index >= 15 is 0 Å². The highest BCUT2D eigenvalue weighted by molar-refractivity contribution is 9.10. The van der Waals surface area contributed by atoms with Gasteiger partial charge in [-0.25, -0.2) is 4.79 Å². The summed E-state index contributed by atoms with van der Waals surface area (Å²) in [7, 11) is 0. The molecule has 0 radical (unpaired) electrons. The van der Waals surface area contributed by atoms with Crippen LogP contribution in [0, 0.1) is 0 Å². The third kappa shape index (κ3) is 7.79. The van der Waals surface area contributed by atoms with Crippen LogP contribution in [0.3, 0.4) is 0 Å². The Morgan fingerprint density at radius 2 is 2.25 bits per heavy atom. The maximum atomic E-state index is 10.6. The Morgan fingerprint density at radius 3 is 2.67 bits per heavy atom. The van der Waals surface area contributed by atoms with Crippen LogP contribution in [0.1, 0.15) is 26.7 Å². The van der Waals surface area contributed by atoms with Crippen LogP contribution in [-0.2, 0) is 9.53 Å². The molecule has 0 heterocycles. The summed E-state index contributed by atoms with van der Waals surface area (Å²) in [6.07, 6.45) is 3.04. The van der Waals surface area contributed by atoms with Crippen LogP contribution in [0.25, 0.3) is 0 Å². The Kier molecular flexibility index (Phi) is 5.22. The molecule has 3 heteroatoms. The molecule has 0 aliphatic carbocycles. The lowest BCUT2D eigenvalue weighted by molar-refractivity contribution is -0.137. The topological polar surface area (TPSA) is 26.3 Å². The summed E-state index contributed by atoms with van der Waals surface area (Å²) in [6.45, 7) is 7.95. The van der Waals surface area contributed by atoms with Crippen LogP contribution in [0.4, 0.5) is 0 Å². The van der Waals surface area contributed by atoms with Crippen molar-refractivity contribution in [2.45, 2.75) is 31.0 Å². The van der Waals surface area contributed by atoms with Crippen molar-refractivity contribution in [3.8, 4) is 0 Å². The van der Waals surface area contributed by atoms with Gasteiger partial charge in [0, 0.05) is 10.4 Å². The van der Waals surface area contributed by atoms with Crippen molar-refractivity contribution in [1.82, 2.24) is 0 Å². The first-order valence-corrected chi connectivity index (χ1v) is 4.73. The maximum Gasteiger partial charge on any atom is 0.330 e. The van der Waals surface area contributed by atoms with Gasteiger partial charge >= 0.3 is 5.97 Å². The number of carbonyl (C=O) groups is 1. The highest BCUT2D eigenvalue weighted by atomic mass is 79.9. The van der Waals surface area contributed by atoms with Crippen molar-refractivity contribution in [2.24, 2.45) is 0 Å². The molecule has 2 nitrogen and oxygen atoms in total. The van der Waals surface area contributed by atoms with Crippen LogP contribution in [0.5, 0.6) is 0 Å². The van der Waals surface area contributed by atoms with E-state index < -0.39 is 0 Å². The zero-order chi connectivity index (χ0) is 9.61. The lowest BCUT2D eigenvalue weighted by Crippen LogP contribution is -2.11. The van der Waals surface area contributed by atoms with E-state index in [2.05, 4.69) is 36.4 Å². The second-order valence-electron chi connectivity index (χ2n) is 3.19. The number of hydrogen-bond donors (Lipinski definition) is 0. The number of halogens is 1. The fourth-order valence-electron chi connectivity index (χ4n) is 0.724. The molecule has 0 aromatic carbocycles. The van der Waals surface area contributed by atoms with Crippen molar-refractivity contribution >= 4 is 21.9 Å². The number of rotatable bonds is 5. The SMILES string of the molecule is C=CC(=O)OCCCC(C)(C)Br. The molecule has 0 unspecified atom stereocenters. The Labute approximate surface area is 82.1 Å². The number of alkyl halides is 1. The van der Waals surface area contributed by atoms with Gasteiger partial charge in [-0.2, -0.15) is 0 Å². The summed E-state index contributed by atoms with van der Waals surface area (Å²) in [5, 5.41) is 0. The number of hydrogen-bond acceptors (Lipinski definition) is 2. The first-order chi connectivity index (χ1) is 5.45. The number of carbonyl (C=O) groups excluding carboxylic acids is 1. The van der Waals surface area contributed by atoms with Crippen LogP contribution in [-0.4, -0.2) is 16.9 Å². The van der Waals surface area contributed by atoms with Crippen LogP contribution in [0.2, 0.25) is 0 Å². The minimum Gasteiger partial charge on any atom is -0.463 e. The second kappa shape index (κ2) is 5.36. The highest BCUT2D eigenvalue weighted by Crippen LogP contribution is 2.21. The minimum absolute atomic E-state index is 0.133. The molecule has 0 amide bonds. The first kappa shape index (κ1) is 11.7. The number of ether oxygens (including phenoxy) is 1. The Balaban J connectivity index is 3.34. The van der Waals surface area contributed by atoms with Crippen LogP contribution < -0.4 is 0 Å². The van der Waals surface area contributed by atoms with Gasteiger partial charge in [0.05, 0.1) is 6.61 Å². The minimum atomic E-state index is -0.345. The van der Waals surface area contributed by atoms with Gasteiger partial charge in [0.2, 0.25) is 0 Å². The molecule has 0 bridgehead atoms. The maximum absolute atomic E-state index is 10.6. The summed E-state index contributed by atoms with van der Waals surface area (Å²) >= 11 is 3.50. The van der Waals surface area contributed by atoms with Gasteiger partial charge in [-0.05, 0) is 12.8 Å².